The first kappa shape index (κ1) is 17.3. The molecular formula is C21H25N3O. The molecule has 0 aliphatic heterocycles. The number of aromatic amines is 1. The summed E-state index contributed by atoms with van der Waals surface area (Å²) >= 11 is 0. The number of fused-ring (bicyclic) bond motifs is 1. The van der Waals surface area contributed by atoms with Crippen LogP contribution in [0, 0.1) is 17.2 Å². The van der Waals surface area contributed by atoms with Crippen LogP contribution in [-0.2, 0) is 11.2 Å². The maximum Gasteiger partial charge on any atom is 0.262 e. The zero-order chi connectivity index (χ0) is 17.8. The number of nitriles is 1. The number of aromatic nitrogens is 1. The summed E-state index contributed by atoms with van der Waals surface area (Å²) in [5, 5.41) is 13.6. The van der Waals surface area contributed by atoms with E-state index < -0.39 is 0 Å². The second-order valence-corrected chi connectivity index (χ2v) is 6.95. The number of nitrogens with one attached hydrogen (secondary N) is 2. The Kier molecular flexibility index (Phi) is 5.23. The summed E-state index contributed by atoms with van der Waals surface area (Å²) in [5.74, 6) is 0.208. The average molecular weight is 335 g/mol. The van der Waals surface area contributed by atoms with Gasteiger partial charge in [-0.2, -0.15) is 5.26 Å². The molecule has 1 aromatic carbocycles. The minimum Gasteiger partial charge on any atom is -0.360 e. The quantitative estimate of drug-likeness (QED) is 0.645. The van der Waals surface area contributed by atoms with Gasteiger partial charge in [-0.15, -0.1) is 0 Å². The third kappa shape index (κ3) is 3.61. The smallest absolute Gasteiger partial charge is 0.262 e. The third-order valence-corrected chi connectivity index (χ3v) is 5.31. The number of amides is 1. The third-order valence-electron chi connectivity index (χ3n) is 5.31. The predicted octanol–water partition coefficient (Wildman–Crippen LogP) is 4.33. The molecule has 0 bridgehead atoms. The van der Waals surface area contributed by atoms with Crippen LogP contribution < -0.4 is 5.32 Å². The number of hydrogen-bond donors (Lipinski definition) is 2. The highest BCUT2D eigenvalue weighted by Crippen LogP contribution is 2.26. The zero-order valence-corrected chi connectivity index (χ0v) is 14.9. The molecule has 2 aromatic rings. The monoisotopic (exact) mass is 335 g/mol. The van der Waals surface area contributed by atoms with Crippen molar-refractivity contribution in [2.45, 2.75) is 52.0 Å². The fraction of sp³-hybridized carbons (Fsp3) is 0.429. The topological polar surface area (TPSA) is 68.7 Å². The first-order valence-corrected chi connectivity index (χ1v) is 9.15. The van der Waals surface area contributed by atoms with Crippen LogP contribution in [0.1, 0.15) is 50.7 Å². The van der Waals surface area contributed by atoms with Gasteiger partial charge in [-0.3, -0.25) is 4.79 Å². The van der Waals surface area contributed by atoms with Gasteiger partial charge < -0.3 is 10.3 Å². The lowest BCUT2D eigenvalue weighted by Gasteiger charge is -2.29. The van der Waals surface area contributed by atoms with Gasteiger partial charge in [0.25, 0.3) is 5.91 Å². The zero-order valence-electron chi connectivity index (χ0n) is 14.9. The minimum atomic E-state index is -0.262. The Morgan fingerprint density at radius 1 is 1.40 bits per heavy atom. The standard InChI is InChI=1S/C21H25N3O/c1-3-15-8-6-9-18-17(13-23-20(15)18)11-16(12-22)21(25)24-19-10-5-4-7-14(19)2/h6,8-9,11,13-14,19,23H,3-5,7,10H2,1-2H3,(H,24,25)/b16-11+/t14-,19-/m1/s1. The lowest BCUT2D eigenvalue weighted by molar-refractivity contribution is -0.118. The molecule has 0 saturated heterocycles. The van der Waals surface area contributed by atoms with E-state index in [2.05, 4.69) is 36.3 Å². The van der Waals surface area contributed by atoms with E-state index in [1.165, 1.54) is 12.0 Å². The van der Waals surface area contributed by atoms with Crippen LogP contribution >= 0.6 is 0 Å². The maximum atomic E-state index is 12.6. The van der Waals surface area contributed by atoms with Crippen LogP contribution in [0.2, 0.25) is 0 Å². The number of nitrogens with zero attached hydrogens (tertiary/aromatic N) is 1. The summed E-state index contributed by atoms with van der Waals surface area (Å²) in [6, 6.07) is 8.38. The molecule has 0 spiro atoms. The molecule has 1 heterocycles. The molecule has 4 nitrogen and oxygen atoms in total. The van der Waals surface area contributed by atoms with Gasteiger partial charge in [0.15, 0.2) is 0 Å². The molecule has 2 atom stereocenters. The molecule has 1 amide bonds. The van der Waals surface area contributed by atoms with E-state index in [1.807, 2.05) is 18.3 Å². The Labute approximate surface area is 148 Å². The number of benzene rings is 1. The largest absolute Gasteiger partial charge is 0.360 e. The fourth-order valence-corrected chi connectivity index (χ4v) is 3.73. The van der Waals surface area contributed by atoms with Crippen molar-refractivity contribution in [3.8, 4) is 6.07 Å². The lowest BCUT2D eigenvalue weighted by Crippen LogP contribution is -2.41. The highest BCUT2D eigenvalue weighted by atomic mass is 16.1. The van der Waals surface area contributed by atoms with Crippen molar-refractivity contribution in [3.05, 3.63) is 41.1 Å². The molecule has 3 rings (SSSR count). The molecule has 0 radical (unpaired) electrons. The molecule has 1 saturated carbocycles. The van der Waals surface area contributed by atoms with E-state index in [0.29, 0.717) is 5.92 Å². The van der Waals surface area contributed by atoms with Gasteiger partial charge >= 0.3 is 0 Å². The number of hydrogen-bond acceptors (Lipinski definition) is 2. The lowest BCUT2D eigenvalue weighted by atomic mass is 9.86. The molecule has 2 N–H and O–H groups in total. The second-order valence-electron chi connectivity index (χ2n) is 6.95. The summed E-state index contributed by atoms with van der Waals surface area (Å²) in [6.07, 6.45) is 9.01. The Hall–Kier alpha value is -2.54. The Balaban J connectivity index is 1.85. The molecule has 25 heavy (non-hydrogen) atoms. The number of rotatable bonds is 4. The second kappa shape index (κ2) is 7.57. The van der Waals surface area contributed by atoms with Gasteiger partial charge in [0.05, 0.1) is 0 Å². The van der Waals surface area contributed by atoms with Crippen LogP contribution in [0.4, 0.5) is 0 Å². The van der Waals surface area contributed by atoms with Crippen LogP contribution in [0.25, 0.3) is 17.0 Å². The van der Waals surface area contributed by atoms with Crippen molar-refractivity contribution >= 4 is 22.9 Å². The molecule has 1 aliphatic carbocycles. The number of H-pyrrole nitrogens is 1. The number of carbonyl (C=O) groups is 1. The molecule has 1 aliphatic rings. The predicted molar refractivity (Wildman–Crippen MR) is 101 cm³/mol. The highest BCUT2D eigenvalue weighted by molar-refractivity contribution is 6.04. The van der Waals surface area contributed by atoms with Crippen molar-refractivity contribution in [2.24, 2.45) is 5.92 Å². The van der Waals surface area contributed by atoms with E-state index in [1.54, 1.807) is 6.08 Å². The highest BCUT2D eigenvalue weighted by Gasteiger charge is 2.24. The Morgan fingerprint density at radius 3 is 2.92 bits per heavy atom. The summed E-state index contributed by atoms with van der Waals surface area (Å²) in [5.41, 5.74) is 3.36. The van der Waals surface area contributed by atoms with Gasteiger partial charge in [0.1, 0.15) is 11.6 Å². The van der Waals surface area contributed by atoms with E-state index >= 15 is 0 Å². The van der Waals surface area contributed by atoms with Crippen LogP contribution in [0.3, 0.4) is 0 Å². The molecule has 130 valence electrons. The van der Waals surface area contributed by atoms with Crippen molar-refractivity contribution in [1.29, 1.82) is 5.26 Å². The van der Waals surface area contributed by atoms with Gasteiger partial charge in [-0.05, 0) is 36.8 Å². The van der Waals surface area contributed by atoms with Gasteiger partial charge in [0.2, 0.25) is 0 Å². The number of para-hydroxylation sites is 1. The van der Waals surface area contributed by atoms with Gasteiger partial charge in [-0.25, -0.2) is 0 Å². The summed E-state index contributed by atoms with van der Waals surface area (Å²) in [7, 11) is 0. The molecule has 4 heteroatoms. The molecular weight excluding hydrogens is 310 g/mol. The normalized spacial score (nSPS) is 21.1. The first-order valence-electron chi connectivity index (χ1n) is 9.15. The van der Waals surface area contributed by atoms with Crippen LogP contribution in [0.15, 0.2) is 30.0 Å². The fourth-order valence-electron chi connectivity index (χ4n) is 3.73. The van der Waals surface area contributed by atoms with Crippen molar-refractivity contribution in [2.75, 3.05) is 0 Å². The van der Waals surface area contributed by atoms with Crippen molar-refractivity contribution < 1.29 is 4.79 Å². The molecule has 1 fully saturated rings. The summed E-state index contributed by atoms with van der Waals surface area (Å²) < 4.78 is 0. The van der Waals surface area contributed by atoms with Crippen molar-refractivity contribution in [1.82, 2.24) is 10.3 Å². The van der Waals surface area contributed by atoms with E-state index in [4.69, 9.17) is 0 Å². The van der Waals surface area contributed by atoms with E-state index in [9.17, 15) is 10.1 Å². The number of carbonyl (C=O) groups excluding carboxylic acids is 1. The number of aryl methyl sites for hydroxylation is 1. The molecule has 1 aromatic heterocycles. The minimum absolute atomic E-state index is 0.167. The molecule has 0 unspecified atom stereocenters. The van der Waals surface area contributed by atoms with Crippen LogP contribution in [0.5, 0.6) is 0 Å². The van der Waals surface area contributed by atoms with Crippen LogP contribution in [-0.4, -0.2) is 16.9 Å². The average Bonchev–Trinajstić information content (AvgIpc) is 3.04. The SMILES string of the molecule is CCc1cccc2c(/C=C(\C#N)C(=O)N[C@@H]3CCCC[C@H]3C)c[nH]c12. The van der Waals surface area contributed by atoms with Crippen molar-refractivity contribution in [3.63, 3.8) is 0 Å². The Morgan fingerprint density at radius 2 is 2.20 bits per heavy atom. The van der Waals surface area contributed by atoms with E-state index in [-0.39, 0.29) is 17.5 Å². The Bertz CT molecular complexity index is 840. The summed E-state index contributed by atoms with van der Waals surface area (Å²) in [4.78, 5) is 15.8. The van der Waals surface area contributed by atoms with E-state index in [0.717, 1.165) is 42.1 Å². The first-order chi connectivity index (χ1) is 12.1. The maximum absolute atomic E-state index is 12.6. The summed E-state index contributed by atoms with van der Waals surface area (Å²) in [6.45, 7) is 4.29. The van der Waals surface area contributed by atoms with Gasteiger partial charge in [-0.1, -0.05) is 44.9 Å². The van der Waals surface area contributed by atoms with Gasteiger partial charge in [0, 0.05) is 28.7 Å².